The Bertz CT molecular complexity index is 511. The van der Waals surface area contributed by atoms with Crippen LogP contribution in [-0.4, -0.2) is 47.0 Å². The van der Waals surface area contributed by atoms with Crippen LogP contribution in [0.4, 0.5) is 24.8 Å². The van der Waals surface area contributed by atoms with Crippen LogP contribution < -0.4 is 10.6 Å². The zero-order valence-electron chi connectivity index (χ0n) is 10.8. The highest BCUT2D eigenvalue weighted by Gasteiger charge is 2.36. The lowest BCUT2D eigenvalue weighted by Gasteiger charge is -2.35. The molecule has 20 heavy (non-hydrogen) atoms. The lowest BCUT2D eigenvalue weighted by Crippen LogP contribution is -2.48. The number of amides is 1. The second-order valence-corrected chi connectivity index (χ2v) is 4.47. The number of nitrogens with two attached hydrogens (primary N) is 1. The maximum Gasteiger partial charge on any atom is 0.451 e. The van der Waals surface area contributed by atoms with Gasteiger partial charge in [-0.15, -0.1) is 0 Å². The number of halogens is 3. The normalized spacial score (nSPS) is 16.4. The summed E-state index contributed by atoms with van der Waals surface area (Å²) < 4.78 is 37.9. The molecule has 0 radical (unpaired) electrons. The van der Waals surface area contributed by atoms with Crippen LogP contribution in [0.15, 0.2) is 6.07 Å². The Balaban J connectivity index is 2.18. The van der Waals surface area contributed by atoms with Gasteiger partial charge in [0.05, 0.1) is 0 Å². The van der Waals surface area contributed by atoms with Crippen LogP contribution in [0.3, 0.4) is 0 Å². The molecule has 0 bridgehead atoms. The molecule has 2 heterocycles. The SMILES string of the molecule is CC(=O)N1CCN(c2cc(N)nc(C(F)(F)F)n2)CC1. The van der Waals surface area contributed by atoms with Crippen LogP contribution in [0.5, 0.6) is 0 Å². The highest BCUT2D eigenvalue weighted by atomic mass is 19.4. The summed E-state index contributed by atoms with van der Waals surface area (Å²) in [5.41, 5.74) is 5.40. The Hall–Kier alpha value is -2.06. The average Bonchev–Trinajstić information content (AvgIpc) is 2.37. The zero-order valence-corrected chi connectivity index (χ0v) is 10.8. The molecular formula is C11H14F3N5O. The van der Waals surface area contributed by atoms with Crippen LogP contribution in [0, 0.1) is 0 Å². The van der Waals surface area contributed by atoms with Gasteiger partial charge in [-0.05, 0) is 0 Å². The molecule has 0 saturated carbocycles. The second-order valence-electron chi connectivity index (χ2n) is 4.47. The predicted octanol–water partition coefficient (Wildman–Crippen LogP) is 0.746. The Kier molecular flexibility index (Phi) is 3.69. The summed E-state index contributed by atoms with van der Waals surface area (Å²) in [5, 5.41) is 0. The third kappa shape index (κ3) is 3.09. The third-order valence-corrected chi connectivity index (χ3v) is 3.03. The molecule has 1 amide bonds. The van der Waals surface area contributed by atoms with E-state index in [2.05, 4.69) is 9.97 Å². The van der Waals surface area contributed by atoms with E-state index in [0.717, 1.165) is 0 Å². The van der Waals surface area contributed by atoms with Crippen molar-refractivity contribution in [3.05, 3.63) is 11.9 Å². The van der Waals surface area contributed by atoms with Crippen molar-refractivity contribution < 1.29 is 18.0 Å². The summed E-state index contributed by atoms with van der Waals surface area (Å²) in [6, 6.07) is 1.30. The van der Waals surface area contributed by atoms with Gasteiger partial charge >= 0.3 is 6.18 Å². The van der Waals surface area contributed by atoms with Crippen molar-refractivity contribution in [3.8, 4) is 0 Å². The monoisotopic (exact) mass is 289 g/mol. The number of hydrogen-bond donors (Lipinski definition) is 1. The summed E-state index contributed by atoms with van der Waals surface area (Å²) in [6.07, 6.45) is -4.63. The predicted molar refractivity (Wildman–Crippen MR) is 65.9 cm³/mol. The van der Waals surface area contributed by atoms with Crippen molar-refractivity contribution in [1.82, 2.24) is 14.9 Å². The standard InChI is InChI=1S/C11H14F3N5O/c1-7(20)18-2-4-19(5-3-18)9-6-8(15)16-10(17-9)11(12,13)14/h6H,2-5H2,1H3,(H2,15,16,17). The van der Waals surface area contributed by atoms with E-state index in [9.17, 15) is 18.0 Å². The van der Waals surface area contributed by atoms with E-state index in [1.54, 1.807) is 9.80 Å². The summed E-state index contributed by atoms with van der Waals surface area (Å²) >= 11 is 0. The number of carbonyl (C=O) groups excluding carboxylic acids is 1. The summed E-state index contributed by atoms with van der Waals surface area (Å²) in [4.78, 5) is 21.2. The fourth-order valence-corrected chi connectivity index (χ4v) is 1.99. The Labute approximate surface area is 113 Å². The molecule has 0 spiro atoms. The number of piperazine rings is 1. The van der Waals surface area contributed by atoms with Gasteiger partial charge in [0.1, 0.15) is 11.6 Å². The number of aromatic nitrogens is 2. The van der Waals surface area contributed by atoms with Crippen molar-refractivity contribution in [2.45, 2.75) is 13.1 Å². The second kappa shape index (κ2) is 5.14. The molecule has 1 aliphatic heterocycles. The van der Waals surface area contributed by atoms with Crippen molar-refractivity contribution in [1.29, 1.82) is 0 Å². The first-order valence-corrected chi connectivity index (χ1v) is 5.99. The molecule has 0 aromatic carbocycles. The minimum Gasteiger partial charge on any atom is -0.384 e. The Morgan fingerprint density at radius 2 is 1.85 bits per heavy atom. The van der Waals surface area contributed by atoms with E-state index in [1.807, 2.05) is 0 Å². The van der Waals surface area contributed by atoms with E-state index >= 15 is 0 Å². The van der Waals surface area contributed by atoms with Gasteiger partial charge in [0.15, 0.2) is 0 Å². The van der Waals surface area contributed by atoms with Gasteiger partial charge < -0.3 is 15.5 Å². The minimum absolute atomic E-state index is 0.0529. The first kappa shape index (κ1) is 14.4. The minimum atomic E-state index is -4.63. The van der Waals surface area contributed by atoms with E-state index in [4.69, 9.17) is 5.73 Å². The molecular weight excluding hydrogens is 275 g/mol. The molecule has 2 rings (SSSR count). The highest BCUT2D eigenvalue weighted by molar-refractivity contribution is 5.73. The summed E-state index contributed by atoms with van der Waals surface area (Å²) in [6.45, 7) is 3.17. The molecule has 0 atom stereocenters. The summed E-state index contributed by atoms with van der Waals surface area (Å²) in [5.74, 6) is -1.39. The number of alkyl halides is 3. The lowest BCUT2D eigenvalue weighted by atomic mass is 10.3. The smallest absolute Gasteiger partial charge is 0.384 e. The third-order valence-electron chi connectivity index (χ3n) is 3.03. The van der Waals surface area contributed by atoms with E-state index in [0.29, 0.717) is 26.2 Å². The number of rotatable bonds is 1. The zero-order chi connectivity index (χ0) is 14.9. The van der Waals surface area contributed by atoms with Crippen LogP contribution in [0.25, 0.3) is 0 Å². The van der Waals surface area contributed by atoms with E-state index in [1.165, 1.54) is 13.0 Å². The largest absolute Gasteiger partial charge is 0.451 e. The number of carbonyl (C=O) groups is 1. The average molecular weight is 289 g/mol. The van der Waals surface area contributed by atoms with Crippen molar-refractivity contribution in [2.75, 3.05) is 36.8 Å². The summed E-state index contributed by atoms with van der Waals surface area (Å²) in [7, 11) is 0. The van der Waals surface area contributed by atoms with E-state index < -0.39 is 12.0 Å². The Morgan fingerprint density at radius 3 is 2.35 bits per heavy atom. The van der Waals surface area contributed by atoms with Crippen LogP contribution in [0.2, 0.25) is 0 Å². The number of hydrogen-bond acceptors (Lipinski definition) is 5. The number of anilines is 2. The highest BCUT2D eigenvalue weighted by Crippen LogP contribution is 2.28. The molecule has 0 aliphatic carbocycles. The number of nitrogen functional groups attached to an aromatic ring is 1. The van der Waals surface area contributed by atoms with Crippen molar-refractivity contribution in [3.63, 3.8) is 0 Å². The molecule has 1 fully saturated rings. The van der Waals surface area contributed by atoms with E-state index in [-0.39, 0.29) is 17.5 Å². The van der Waals surface area contributed by atoms with Crippen LogP contribution in [-0.2, 0) is 11.0 Å². The first-order chi connectivity index (χ1) is 9.27. The van der Waals surface area contributed by atoms with Gasteiger partial charge in [-0.1, -0.05) is 0 Å². The fraction of sp³-hybridized carbons (Fsp3) is 0.545. The van der Waals surface area contributed by atoms with Crippen molar-refractivity contribution >= 4 is 17.5 Å². The molecule has 1 aromatic rings. The van der Waals surface area contributed by atoms with Gasteiger partial charge in [-0.2, -0.15) is 13.2 Å². The quantitative estimate of drug-likeness (QED) is 0.825. The maximum atomic E-state index is 12.6. The molecule has 1 aliphatic rings. The maximum absolute atomic E-state index is 12.6. The van der Waals surface area contributed by atoms with Gasteiger partial charge in [-0.25, -0.2) is 9.97 Å². The molecule has 1 saturated heterocycles. The Morgan fingerprint density at radius 1 is 1.25 bits per heavy atom. The van der Waals surface area contributed by atoms with Crippen molar-refractivity contribution in [2.24, 2.45) is 0 Å². The molecule has 6 nitrogen and oxygen atoms in total. The fourth-order valence-electron chi connectivity index (χ4n) is 1.99. The van der Waals surface area contributed by atoms with Gasteiger partial charge in [0, 0.05) is 39.2 Å². The molecule has 1 aromatic heterocycles. The molecule has 9 heteroatoms. The lowest BCUT2D eigenvalue weighted by molar-refractivity contribution is -0.144. The number of nitrogens with zero attached hydrogens (tertiary/aromatic N) is 4. The molecule has 0 unspecified atom stereocenters. The van der Waals surface area contributed by atoms with Crippen LogP contribution >= 0.6 is 0 Å². The van der Waals surface area contributed by atoms with Gasteiger partial charge in [0.2, 0.25) is 11.7 Å². The topological polar surface area (TPSA) is 75.4 Å². The first-order valence-electron chi connectivity index (χ1n) is 5.99. The molecule has 2 N–H and O–H groups in total. The van der Waals surface area contributed by atoms with Gasteiger partial charge in [-0.3, -0.25) is 4.79 Å². The van der Waals surface area contributed by atoms with Gasteiger partial charge in [0.25, 0.3) is 0 Å². The molecule has 110 valence electrons. The van der Waals surface area contributed by atoms with Crippen LogP contribution in [0.1, 0.15) is 12.7 Å².